The molecule has 0 heterocycles. The number of amides is 1. The highest BCUT2D eigenvalue weighted by Crippen LogP contribution is 2.18. The maximum Gasteiger partial charge on any atom is 0.220 e. The van der Waals surface area contributed by atoms with E-state index >= 15 is 0 Å². The van der Waals surface area contributed by atoms with Gasteiger partial charge in [-0.3, -0.25) is 4.79 Å². The molecule has 0 radical (unpaired) electrons. The van der Waals surface area contributed by atoms with E-state index < -0.39 is 0 Å². The molecule has 1 fully saturated rings. The Balaban J connectivity index is 1.80. The van der Waals surface area contributed by atoms with Gasteiger partial charge in [0.1, 0.15) is 0 Å². The van der Waals surface area contributed by atoms with Crippen molar-refractivity contribution in [1.29, 1.82) is 0 Å². The molecule has 0 aliphatic heterocycles. The van der Waals surface area contributed by atoms with Gasteiger partial charge in [-0.2, -0.15) is 0 Å². The Labute approximate surface area is 85.6 Å². The van der Waals surface area contributed by atoms with E-state index in [1.165, 1.54) is 12.8 Å². The topological polar surface area (TPSA) is 67.1 Å². The van der Waals surface area contributed by atoms with Crippen molar-refractivity contribution in [3.8, 4) is 0 Å². The van der Waals surface area contributed by atoms with Crippen molar-refractivity contribution in [3.63, 3.8) is 0 Å². The molecule has 0 bridgehead atoms. The fraction of sp³-hybridized carbons (Fsp3) is 0.900. The summed E-state index contributed by atoms with van der Waals surface area (Å²) in [6.45, 7) is 2.61. The van der Waals surface area contributed by atoms with Crippen LogP contribution in [0.2, 0.25) is 0 Å². The first-order valence-corrected chi connectivity index (χ1v) is 5.53. The molecule has 0 aromatic carbocycles. The second kappa shape index (κ2) is 6.79. The molecule has 4 nitrogen and oxygen atoms in total. The molecule has 1 saturated carbocycles. The van der Waals surface area contributed by atoms with Gasteiger partial charge in [-0.25, -0.2) is 0 Å². The van der Waals surface area contributed by atoms with Crippen LogP contribution in [0.25, 0.3) is 0 Å². The summed E-state index contributed by atoms with van der Waals surface area (Å²) in [4.78, 5) is 11.2. The predicted molar refractivity (Wildman–Crippen MR) is 56.9 cm³/mol. The van der Waals surface area contributed by atoms with Gasteiger partial charge in [0.15, 0.2) is 0 Å². The Kier molecular flexibility index (Phi) is 5.56. The summed E-state index contributed by atoms with van der Waals surface area (Å²) in [5, 5.41) is 6.22. The van der Waals surface area contributed by atoms with E-state index in [-0.39, 0.29) is 5.91 Å². The van der Waals surface area contributed by atoms with Crippen molar-refractivity contribution in [1.82, 2.24) is 10.6 Å². The first-order valence-electron chi connectivity index (χ1n) is 5.53. The van der Waals surface area contributed by atoms with Crippen molar-refractivity contribution in [2.45, 2.75) is 38.1 Å². The Morgan fingerprint density at radius 3 is 2.64 bits per heavy atom. The maximum atomic E-state index is 11.2. The molecule has 14 heavy (non-hydrogen) atoms. The number of nitrogens with one attached hydrogen (secondary N) is 2. The SMILES string of the molecule is NCCCNCCCC(=O)NC1CC1. The highest BCUT2D eigenvalue weighted by molar-refractivity contribution is 5.76. The lowest BCUT2D eigenvalue weighted by molar-refractivity contribution is -0.121. The molecule has 82 valence electrons. The smallest absolute Gasteiger partial charge is 0.220 e. The summed E-state index contributed by atoms with van der Waals surface area (Å²) >= 11 is 0. The molecule has 1 aliphatic carbocycles. The van der Waals surface area contributed by atoms with E-state index in [2.05, 4.69) is 10.6 Å². The molecule has 0 spiro atoms. The average Bonchev–Trinajstić information content (AvgIpc) is 2.95. The highest BCUT2D eigenvalue weighted by Gasteiger charge is 2.22. The number of carbonyl (C=O) groups excluding carboxylic acids is 1. The third-order valence-electron chi connectivity index (χ3n) is 2.26. The van der Waals surface area contributed by atoms with Crippen molar-refractivity contribution in [2.24, 2.45) is 5.73 Å². The first-order chi connectivity index (χ1) is 6.83. The summed E-state index contributed by atoms with van der Waals surface area (Å²) < 4.78 is 0. The minimum atomic E-state index is 0.202. The van der Waals surface area contributed by atoms with Crippen LogP contribution in [-0.4, -0.2) is 31.6 Å². The molecule has 1 aliphatic rings. The molecular weight excluding hydrogens is 178 g/mol. The summed E-state index contributed by atoms with van der Waals surface area (Å²) in [6.07, 6.45) is 4.91. The van der Waals surface area contributed by atoms with Crippen LogP contribution in [0.5, 0.6) is 0 Å². The molecule has 4 heteroatoms. The summed E-state index contributed by atoms with van der Waals surface area (Å²) in [7, 11) is 0. The van der Waals surface area contributed by atoms with Gasteiger partial charge in [-0.05, 0) is 45.3 Å². The van der Waals surface area contributed by atoms with Gasteiger partial charge < -0.3 is 16.4 Å². The predicted octanol–water partition coefficient (Wildman–Crippen LogP) is -0.0164. The number of rotatable bonds is 8. The normalized spacial score (nSPS) is 15.5. The summed E-state index contributed by atoms with van der Waals surface area (Å²) in [6, 6.07) is 0.493. The molecule has 0 aromatic heterocycles. The van der Waals surface area contributed by atoms with Crippen LogP contribution in [0.4, 0.5) is 0 Å². The second-order valence-electron chi connectivity index (χ2n) is 3.84. The van der Waals surface area contributed by atoms with E-state index in [1.54, 1.807) is 0 Å². The first kappa shape index (κ1) is 11.5. The van der Waals surface area contributed by atoms with Gasteiger partial charge in [-0.15, -0.1) is 0 Å². The minimum Gasteiger partial charge on any atom is -0.353 e. The van der Waals surface area contributed by atoms with Crippen molar-refractivity contribution in [3.05, 3.63) is 0 Å². The van der Waals surface area contributed by atoms with Gasteiger partial charge in [-0.1, -0.05) is 0 Å². The third kappa shape index (κ3) is 5.94. The van der Waals surface area contributed by atoms with Crippen molar-refractivity contribution < 1.29 is 4.79 Å². The Morgan fingerprint density at radius 1 is 1.29 bits per heavy atom. The van der Waals surface area contributed by atoms with Gasteiger partial charge >= 0.3 is 0 Å². The average molecular weight is 199 g/mol. The second-order valence-corrected chi connectivity index (χ2v) is 3.84. The maximum absolute atomic E-state index is 11.2. The van der Waals surface area contributed by atoms with Gasteiger partial charge in [0.2, 0.25) is 5.91 Å². The Hall–Kier alpha value is -0.610. The zero-order valence-corrected chi connectivity index (χ0v) is 8.72. The van der Waals surface area contributed by atoms with E-state index in [0.717, 1.165) is 32.5 Å². The molecule has 0 aromatic rings. The summed E-state index contributed by atoms with van der Waals surface area (Å²) in [5.74, 6) is 0.202. The Morgan fingerprint density at radius 2 is 2.00 bits per heavy atom. The molecule has 0 saturated heterocycles. The quantitative estimate of drug-likeness (QED) is 0.481. The van der Waals surface area contributed by atoms with Crippen molar-refractivity contribution >= 4 is 5.91 Å². The van der Waals surface area contributed by atoms with E-state index in [4.69, 9.17) is 5.73 Å². The van der Waals surface area contributed by atoms with Crippen LogP contribution in [0, 0.1) is 0 Å². The molecule has 1 amide bonds. The van der Waals surface area contributed by atoms with Crippen LogP contribution in [0.3, 0.4) is 0 Å². The number of hydrogen-bond acceptors (Lipinski definition) is 3. The van der Waals surface area contributed by atoms with E-state index in [9.17, 15) is 4.79 Å². The lowest BCUT2D eigenvalue weighted by Gasteiger charge is -2.04. The minimum absolute atomic E-state index is 0.202. The van der Waals surface area contributed by atoms with Gasteiger partial charge in [0.05, 0.1) is 0 Å². The van der Waals surface area contributed by atoms with Crippen LogP contribution in [-0.2, 0) is 4.79 Å². The summed E-state index contributed by atoms with van der Waals surface area (Å²) in [5.41, 5.74) is 5.35. The monoisotopic (exact) mass is 199 g/mol. The standard InChI is InChI=1S/C10H21N3O/c11-6-2-8-12-7-1-3-10(14)13-9-4-5-9/h9,12H,1-8,11H2,(H,13,14). The van der Waals surface area contributed by atoms with Crippen LogP contribution in [0.1, 0.15) is 32.1 Å². The number of carbonyl (C=O) groups is 1. The molecule has 0 atom stereocenters. The van der Waals surface area contributed by atoms with Crippen LogP contribution >= 0.6 is 0 Å². The molecule has 1 rings (SSSR count). The van der Waals surface area contributed by atoms with E-state index in [1.807, 2.05) is 0 Å². The zero-order chi connectivity index (χ0) is 10.2. The van der Waals surface area contributed by atoms with E-state index in [0.29, 0.717) is 12.5 Å². The van der Waals surface area contributed by atoms with Gasteiger partial charge in [0, 0.05) is 12.5 Å². The fourth-order valence-electron chi connectivity index (χ4n) is 1.25. The third-order valence-corrected chi connectivity index (χ3v) is 2.26. The van der Waals surface area contributed by atoms with Crippen LogP contribution < -0.4 is 16.4 Å². The lowest BCUT2D eigenvalue weighted by atomic mass is 10.3. The largest absolute Gasteiger partial charge is 0.353 e. The number of nitrogens with two attached hydrogens (primary N) is 1. The fourth-order valence-corrected chi connectivity index (χ4v) is 1.25. The highest BCUT2D eigenvalue weighted by atomic mass is 16.1. The van der Waals surface area contributed by atoms with Gasteiger partial charge in [0.25, 0.3) is 0 Å². The molecule has 0 unspecified atom stereocenters. The molecule has 4 N–H and O–H groups in total. The van der Waals surface area contributed by atoms with Crippen LogP contribution in [0.15, 0.2) is 0 Å². The Bertz CT molecular complexity index is 169. The zero-order valence-electron chi connectivity index (χ0n) is 8.72. The lowest BCUT2D eigenvalue weighted by Crippen LogP contribution is -2.26. The molecular formula is C10H21N3O. The number of hydrogen-bond donors (Lipinski definition) is 3. The van der Waals surface area contributed by atoms with Crippen molar-refractivity contribution in [2.75, 3.05) is 19.6 Å².